The maximum atomic E-state index is 12.8. The first kappa shape index (κ1) is 31.5. The Morgan fingerprint density at radius 3 is 2.45 bits per heavy atom. The van der Waals surface area contributed by atoms with E-state index in [0.29, 0.717) is 37.2 Å². The standard InChI is InChI=1S/C35H42N2O7/c1-4-42-35(38)30-18-17-29-32(26-13-9-6-10-14-26)33(28-16-15-27(43-23-39-2)21-31(28)44-24-40-3)37(34(29)36-30)19-20-41-22-25-11-7-5-8-12-25/h5,7-8,11-12,15-18,21,26H,4,6,9-10,13-14,19-20,22-24H2,1-3H3. The van der Waals surface area contributed by atoms with Crippen molar-refractivity contribution in [1.29, 1.82) is 0 Å². The summed E-state index contributed by atoms with van der Waals surface area (Å²) in [5, 5.41) is 1.03. The Kier molecular flexibility index (Phi) is 11.2. The quantitative estimate of drug-likeness (QED) is 0.0808. The van der Waals surface area contributed by atoms with E-state index in [1.165, 1.54) is 24.8 Å². The summed E-state index contributed by atoms with van der Waals surface area (Å²) in [6.07, 6.45) is 5.74. The Labute approximate surface area is 259 Å². The Morgan fingerprint density at radius 2 is 1.70 bits per heavy atom. The molecular weight excluding hydrogens is 560 g/mol. The van der Waals surface area contributed by atoms with Crippen LogP contribution in [0.15, 0.2) is 60.7 Å². The van der Waals surface area contributed by atoms with Crippen molar-refractivity contribution in [3.63, 3.8) is 0 Å². The number of fused-ring (bicyclic) bond motifs is 1. The molecule has 1 aliphatic carbocycles. The van der Waals surface area contributed by atoms with Gasteiger partial charge in [-0.1, -0.05) is 49.6 Å². The third-order valence-electron chi connectivity index (χ3n) is 7.90. The van der Waals surface area contributed by atoms with Gasteiger partial charge in [0.1, 0.15) is 17.1 Å². The van der Waals surface area contributed by atoms with Crippen LogP contribution in [0.1, 0.15) is 66.6 Å². The van der Waals surface area contributed by atoms with Crippen molar-refractivity contribution in [3.05, 3.63) is 77.5 Å². The maximum Gasteiger partial charge on any atom is 0.356 e. The van der Waals surface area contributed by atoms with Crippen LogP contribution in [-0.2, 0) is 32.1 Å². The summed E-state index contributed by atoms with van der Waals surface area (Å²) in [4.78, 5) is 17.7. The second kappa shape index (κ2) is 15.7. The minimum absolute atomic E-state index is 0.0746. The maximum absolute atomic E-state index is 12.8. The van der Waals surface area contributed by atoms with E-state index in [0.717, 1.165) is 40.7 Å². The summed E-state index contributed by atoms with van der Waals surface area (Å²) in [6, 6.07) is 19.7. The number of carbonyl (C=O) groups is 1. The van der Waals surface area contributed by atoms with Gasteiger partial charge in [-0.3, -0.25) is 0 Å². The molecule has 0 amide bonds. The summed E-state index contributed by atoms with van der Waals surface area (Å²) >= 11 is 0. The van der Waals surface area contributed by atoms with Crippen LogP contribution in [-0.4, -0.2) is 56.5 Å². The van der Waals surface area contributed by atoms with Crippen LogP contribution >= 0.6 is 0 Å². The van der Waals surface area contributed by atoms with Crippen LogP contribution in [0.2, 0.25) is 0 Å². The zero-order valence-corrected chi connectivity index (χ0v) is 25.9. The van der Waals surface area contributed by atoms with E-state index in [1.54, 1.807) is 27.2 Å². The number of nitrogens with zero attached hydrogens (tertiary/aromatic N) is 2. The lowest BCUT2D eigenvalue weighted by Crippen LogP contribution is -2.12. The second-order valence-electron chi connectivity index (χ2n) is 10.8. The molecule has 0 spiro atoms. The lowest BCUT2D eigenvalue weighted by atomic mass is 9.82. The molecule has 0 bridgehead atoms. The van der Waals surface area contributed by atoms with E-state index < -0.39 is 5.97 Å². The Balaban J connectivity index is 1.66. The minimum atomic E-state index is -0.438. The molecule has 9 heteroatoms. The fourth-order valence-corrected chi connectivity index (χ4v) is 5.95. The van der Waals surface area contributed by atoms with Gasteiger partial charge >= 0.3 is 5.97 Å². The molecule has 1 saturated carbocycles. The number of methoxy groups -OCH3 is 2. The average molecular weight is 603 g/mol. The van der Waals surface area contributed by atoms with Crippen LogP contribution in [0.4, 0.5) is 0 Å². The van der Waals surface area contributed by atoms with Crippen molar-refractivity contribution in [2.45, 2.75) is 58.1 Å². The molecule has 0 unspecified atom stereocenters. The number of esters is 1. The van der Waals surface area contributed by atoms with Gasteiger partial charge in [0.05, 0.1) is 25.5 Å². The number of carbonyl (C=O) groups excluding carboxylic acids is 1. The summed E-state index contributed by atoms with van der Waals surface area (Å²) < 4.78 is 36.0. The number of rotatable bonds is 15. The van der Waals surface area contributed by atoms with Gasteiger partial charge in [-0.2, -0.15) is 0 Å². The monoisotopic (exact) mass is 602 g/mol. The van der Waals surface area contributed by atoms with Gasteiger partial charge < -0.3 is 33.0 Å². The van der Waals surface area contributed by atoms with E-state index in [-0.39, 0.29) is 25.9 Å². The number of aromatic nitrogens is 2. The molecule has 234 valence electrons. The Hall–Kier alpha value is -3.92. The number of hydrogen-bond donors (Lipinski definition) is 0. The van der Waals surface area contributed by atoms with Crippen molar-refractivity contribution >= 4 is 17.0 Å². The Bertz CT molecular complexity index is 1510. The molecule has 5 rings (SSSR count). The van der Waals surface area contributed by atoms with Gasteiger partial charge in [0.2, 0.25) is 0 Å². The van der Waals surface area contributed by atoms with Crippen molar-refractivity contribution in [2.75, 3.05) is 41.0 Å². The van der Waals surface area contributed by atoms with Gasteiger partial charge in [0.25, 0.3) is 0 Å². The van der Waals surface area contributed by atoms with E-state index in [1.807, 2.05) is 42.5 Å². The molecule has 0 saturated heterocycles. The smallest absolute Gasteiger partial charge is 0.356 e. The molecule has 2 aromatic carbocycles. The van der Waals surface area contributed by atoms with Crippen molar-refractivity contribution in [2.24, 2.45) is 0 Å². The average Bonchev–Trinajstić information content (AvgIpc) is 3.38. The van der Waals surface area contributed by atoms with Gasteiger partial charge in [-0.15, -0.1) is 0 Å². The Morgan fingerprint density at radius 1 is 0.932 bits per heavy atom. The lowest BCUT2D eigenvalue weighted by Gasteiger charge is -2.24. The van der Waals surface area contributed by atoms with Crippen LogP contribution in [0.25, 0.3) is 22.3 Å². The first-order valence-electron chi connectivity index (χ1n) is 15.3. The SMILES string of the molecule is CCOC(=O)c1ccc2c(C3CCCCC3)c(-c3ccc(OCOC)cc3OCOC)n(CCOCc3ccccc3)c2n1. The predicted molar refractivity (Wildman–Crippen MR) is 168 cm³/mol. The predicted octanol–water partition coefficient (Wildman–Crippen LogP) is 7.11. The number of hydrogen-bond acceptors (Lipinski definition) is 8. The van der Waals surface area contributed by atoms with Crippen LogP contribution in [0.3, 0.4) is 0 Å². The summed E-state index contributed by atoms with van der Waals surface area (Å²) in [6.45, 7) is 3.75. The van der Waals surface area contributed by atoms with E-state index in [4.69, 9.17) is 33.4 Å². The molecule has 44 heavy (non-hydrogen) atoms. The summed E-state index contributed by atoms with van der Waals surface area (Å²) in [7, 11) is 3.18. The zero-order valence-electron chi connectivity index (χ0n) is 25.9. The molecule has 9 nitrogen and oxygen atoms in total. The van der Waals surface area contributed by atoms with Crippen LogP contribution in [0.5, 0.6) is 11.5 Å². The molecule has 4 aromatic rings. The fraction of sp³-hybridized carbons (Fsp3) is 0.429. The molecule has 1 aliphatic rings. The molecule has 1 fully saturated rings. The van der Waals surface area contributed by atoms with Gasteiger partial charge in [0, 0.05) is 37.8 Å². The molecule has 2 heterocycles. The van der Waals surface area contributed by atoms with Crippen LogP contribution in [0, 0.1) is 0 Å². The highest BCUT2D eigenvalue weighted by Crippen LogP contribution is 2.46. The van der Waals surface area contributed by atoms with Crippen LogP contribution < -0.4 is 9.47 Å². The minimum Gasteiger partial charge on any atom is -0.467 e. The van der Waals surface area contributed by atoms with Crippen molar-refractivity contribution in [1.82, 2.24) is 9.55 Å². The topological polar surface area (TPSA) is 90.3 Å². The number of pyridine rings is 1. The molecule has 0 N–H and O–H groups in total. The largest absolute Gasteiger partial charge is 0.467 e. The molecule has 0 radical (unpaired) electrons. The third-order valence-corrected chi connectivity index (χ3v) is 7.90. The molecule has 2 aromatic heterocycles. The zero-order chi connectivity index (χ0) is 30.7. The summed E-state index contributed by atoms with van der Waals surface area (Å²) in [5.74, 6) is 1.14. The number of ether oxygens (including phenoxy) is 6. The third kappa shape index (κ3) is 7.41. The molecule has 0 aliphatic heterocycles. The molecular formula is C35H42N2O7. The summed E-state index contributed by atoms with van der Waals surface area (Å²) in [5.41, 5.74) is 5.24. The normalized spacial score (nSPS) is 13.7. The van der Waals surface area contributed by atoms with Crippen molar-refractivity contribution < 1.29 is 33.2 Å². The lowest BCUT2D eigenvalue weighted by molar-refractivity contribution is 0.0462. The van der Waals surface area contributed by atoms with Gasteiger partial charge in [-0.25, -0.2) is 9.78 Å². The van der Waals surface area contributed by atoms with Crippen molar-refractivity contribution in [3.8, 4) is 22.8 Å². The van der Waals surface area contributed by atoms with E-state index in [2.05, 4.69) is 16.7 Å². The van der Waals surface area contributed by atoms with Gasteiger partial charge in [-0.05, 0) is 61.1 Å². The first-order chi connectivity index (χ1) is 21.6. The highest BCUT2D eigenvalue weighted by Gasteiger charge is 2.29. The fourth-order valence-electron chi connectivity index (χ4n) is 5.95. The van der Waals surface area contributed by atoms with E-state index in [9.17, 15) is 4.79 Å². The van der Waals surface area contributed by atoms with Gasteiger partial charge in [0.15, 0.2) is 19.3 Å². The first-order valence-corrected chi connectivity index (χ1v) is 15.3. The second-order valence-corrected chi connectivity index (χ2v) is 10.8. The highest BCUT2D eigenvalue weighted by atomic mass is 16.7. The van der Waals surface area contributed by atoms with E-state index >= 15 is 0 Å². The molecule has 0 atom stereocenters. The highest BCUT2D eigenvalue weighted by molar-refractivity contribution is 5.95. The number of benzene rings is 2.